The summed E-state index contributed by atoms with van der Waals surface area (Å²) in [5.41, 5.74) is 0.664. The molecule has 0 bridgehead atoms. The van der Waals surface area contributed by atoms with E-state index in [0.29, 0.717) is 34.6 Å². The highest BCUT2D eigenvalue weighted by Crippen LogP contribution is 2.32. The largest absolute Gasteiger partial charge is 0.342 e. The van der Waals surface area contributed by atoms with Crippen LogP contribution in [0.1, 0.15) is 65.7 Å². The number of anilines is 1. The number of hydrogen-bond donors (Lipinski definition) is 1. The SMILES string of the molecule is O=C(Nc1ccc(Cl)cc1)c1nnc([C@H]2CCCN(C(=O)CC3CCCC3)C2)s1. The minimum atomic E-state index is -0.277. The maximum absolute atomic E-state index is 12.7. The van der Waals surface area contributed by atoms with Crippen molar-refractivity contribution >= 4 is 40.4 Å². The van der Waals surface area contributed by atoms with Gasteiger partial charge in [-0.1, -0.05) is 35.8 Å². The molecule has 0 spiro atoms. The molecule has 6 nitrogen and oxygen atoms in total. The number of nitrogens with zero attached hydrogens (tertiary/aromatic N) is 3. The third-order valence-corrected chi connectivity index (χ3v) is 7.13. The van der Waals surface area contributed by atoms with Crippen molar-refractivity contribution in [3.63, 3.8) is 0 Å². The predicted molar refractivity (Wildman–Crippen MR) is 114 cm³/mol. The molecular weight excluding hydrogens is 408 g/mol. The van der Waals surface area contributed by atoms with Gasteiger partial charge in [0.2, 0.25) is 10.9 Å². The van der Waals surface area contributed by atoms with Gasteiger partial charge in [-0.15, -0.1) is 10.2 Å². The molecule has 29 heavy (non-hydrogen) atoms. The molecule has 1 aromatic carbocycles. The maximum Gasteiger partial charge on any atom is 0.286 e. The summed E-state index contributed by atoms with van der Waals surface area (Å²) in [6.45, 7) is 1.50. The van der Waals surface area contributed by atoms with Gasteiger partial charge in [-0.3, -0.25) is 9.59 Å². The second-order valence-corrected chi connectivity index (χ2v) is 9.39. The summed E-state index contributed by atoms with van der Waals surface area (Å²) in [6.07, 6.45) is 7.50. The molecule has 0 radical (unpaired) electrons. The summed E-state index contributed by atoms with van der Waals surface area (Å²) in [7, 11) is 0. The quantitative estimate of drug-likeness (QED) is 0.741. The molecule has 1 saturated heterocycles. The molecule has 4 rings (SSSR count). The molecule has 8 heteroatoms. The van der Waals surface area contributed by atoms with E-state index in [4.69, 9.17) is 11.6 Å². The second kappa shape index (κ2) is 9.22. The van der Waals surface area contributed by atoms with Crippen molar-refractivity contribution in [1.82, 2.24) is 15.1 Å². The van der Waals surface area contributed by atoms with Gasteiger partial charge in [-0.05, 0) is 55.9 Å². The highest BCUT2D eigenvalue weighted by atomic mass is 35.5. The van der Waals surface area contributed by atoms with Crippen molar-refractivity contribution in [2.45, 2.75) is 50.9 Å². The molecule has 1 saturated carbocycles. The molecule has 1 N–H and O–H groups in total. The van der Waals surface area contributed by atoms with Crippen molar-refractivity contribution in [2.24, 2.45) is 5.92 Å². The van der Waals surface area contributed by atoms with E-state index in [1.54, 1.807) is 24.3 Å². The molecule has 2 aliphatic rings. The number of likely N-dealkylation sites (tertiary alicyclic amines) is 1. The molecule has 1 aliphatic heterocycles. The number of halogens is 1. The molecule has 1 aliphatic carbocycles. The van der Waals surface area contributed by atoms with Gasteiger partial charge in [-0.2, -0.15) is 0 Å². The Balaban J connectivity index is 1.36. The molecule has 154 valence electrons. The zero-order chi connectivity index (χ0) is 20.2. The van der Waals surface area contributed by atoms with E-state index >= 15 is 0 Å². The van der Waals surface area contributed by atoms with Gasteiger partial charge in [0.15, 0.2) is 0 Å². The Hall–Kier alpha value is -1.99. The van der Waals surface area contributed by atoms with Gasteiger partial charge in [0, 0.05) is 36.1 Å². The van der Waals surface area contributed by atoms with Crippen LogP contribution < -0.4 is 5.32 Å². The summed E-state index contributed by atoms with van der Waals surface area (Å²) < 4.78 is 0. The lowest BCUT2D eigenvalue weighted by atomic mass is 9.97. The fourth-order valence-corrected chi connectivity index (χ4v) is 5.20. The van der Waals surface area contributed by atoms with Gasteiger partial charge in [0.1, 0.15) is 5.01 Å². The fraction of sp³-hybridized carbons (Fsp3) is 0.524. The topological polar surface area (TPSA) is 75.2 Å². The zero-order valence-electron chi connectivity index (χ0n) is 16.3. The van der Waals surface area contributed by atoms with Crippen LogP contribution in [0.2, 0.25) is 5.02 Å². The number of amides is 2. The van der Waals surface area contributed by atoms with Crippen LogP contribution in [0.25, 0.3) is 0 Å². The number of benzene rings is 1. The third kappa shape index (κ3) is 5.14. The molecule has 1 atom stereocenters. The first kappa shape index (κ1) is 20.3. The normalized spacial score (nSPS) is 20.0. The Morgan fingerprint density at radius 3 is 2.62 bits per heavy atom. The average molecular weight is 433 g/mol. The van der Waals surface area contributed by atoms with Crippen LogP contribution in [0.3, 0.4) is 0 Å². The molecule has 2 heterocycles. The van der Waals surface area contributed by atoms with Crippen LogP contribution in [-0.4, -0.2) is 40.0 Å². The van der Waals surface area contributed by atoms with E-state index in [2.05, 4.69) is 15.5 Å². The van der Waals surface area contributed by atoms with Gasteiger partial charge in [0.25, 0.3) is 5.91 Å². The minimum absolute atomic E-state index is 0.158. The zero-order valence-corrected chi connectivity index (χ0v) is 17.8. The van der Waals surface area contributed by atoms with E-state index in [1.807, 2.05) is 4.90 Å². The number of carbonyl (C=O) groups is 2. The van der Waals surface area contributed by atoms with Crippen LogP contribution in [0, 0.1) is 5.92 Å². The van der Waals surface area contributed by atoms with E-state index in [9.17, 15) is 9.59 Å². The highest BCUT2D eigenvalue weighted by molar-refractivity contribution is 7.13. The van der Waals surface area contributed by atoms with Gasteiger partial charge < -0.3 is 10.2 Å². The number of rotatable bonds is 5. The summed E-state index contributed by atoms with van der Waals surface area (Å²) in [5.74, 6) is 0.714. The van der Waals surface area contributed by atoms with Crippen LogP contribution in [-0.2, 0) is 4.79 Å². The number of aromatic nitrogens is 2. The van der Waals surface area contributed by atoms with Crippen molar-refractivity contribution in [3.05, 3.63) is 39.3 Å². The Morgan fingerprint density at radius 2 is 1.86 bits per heavy atom. The molecule has 0 unspecified atom stereocenters. The number of hydrogen-bond acceptors (Lipinski definition) is 5. The van der Waals surface area contributed by atoms with E-state index in [-0.39, 0.29) is 17.7 Å². The maximum atomic E-state index is 12.7. The fourth-order valence-electron chi connectivity index (χ4n) is 4.20. The standard InChI is InChI=1S/C21H25ClN4O2S/c22-16-7-9-17(10-8-16)23-19(28)21-25-24-20(29-21)15-6-3-11-26(13-15)18(27)12-14-4-1-2-5-14/h7-10,14-15H,1-6,11-13H2,(H,23,28)/t15-/m0/s1. The second-order valence-electron chi connectivity index (χ2n) is 7.94. The summed E-state index contributed by atoms with van der Waals surface area (Å²) >= 11 is 7.19. The first-order valence-electron chi connectivity index (χ1n) is 10.3. The highest BCUT2D eigenvalue weighted by Gasteiger charge is 2.29. The van der Waals surface area contributed by atoms with Gasteiger partial charge in [0.05, 0.1) is 0 Å². The minimum Gasteiger partial charge on any atom is -0.342 e. The molecule has 2 aromatic rings. The van der Waals surface area contributed by atoms with Crippen molar-refractivity contribution in [1.29, 1.82) is 0 Å². The van der Waals surface area contributed by atoms with E-state index in [1.165, 1.54) is 37.0 Å². The van der Waals surface area contributed by atoms with Crippen molar-refractivity contribution < 1.29 is 9.59 Å². The lowest BCUT2D eigenvalue weighted by Crippen LogP contribution is -2.39. The number of piperidine rings is 1. The summed E-state index contributed by atoms with van der Waals surface area (Å²) in [6, 6.07) is 6.94. The Morgan fingerprint density at radius 1 is 1.10 bits per heavy atom. The molecule has 2 amide bonds. The van der Waals surface area contributed by atoms with E-state index < -0.39 is 0 Å². The smallest absolute Gasteiger partial charge is 0.286 e. The molecule has 1 aromatic heterocycles. The van der Waals surface area contributed by atoms with Gasteiger partial charge >= 0.3 is 0 Å². The predicted octanol–water partition coefficient (Wildman–Crippen LogP) is 4.73. The van der Waals surface area contributed by atoms with Crippen LogP contribution in [0.15, 0.2) is 24.3 Å². The lowest BCUT2D eigenvalue weighted by Gasteiger charge is -2.32. The molecule has 2 fully saturated rings. The third-order valence-electron chi connectivity index (χ3n) is 5.80. The van der Waals surface area contributed by atoms with Crippen LogP contribution >= 0.6 is 22.9 Å². The Kier molecular flexibility index (Phi) is 6.45. The van der Waals surface area contributed by atoms with Crippen LogP contribution in [0.4, 0.5) is 5.69 Å². The Bertz CT molecular complexity index is 864. The monoisotopic (exact) mass is 432 g/mol. The summed E-state index contributed by atoms with van der Waals surface area (Å²) in [4.78, 5) is 27.1. The van der Waals surface area contributed by atoms with E-state index in [0.717, 1.165) is 24.4 Å². The number of nitrogens with one attached hydrogen (secondary N) is 1. The average Bonchev–Trinajstić information content (AvgIpc) is 3.42. The Labute approximate surface area is 179 Å². The van der Waals surface area contributed by atoms with Crippen molar-refractivity contribution in [2.75, 3.05) is 18.4 Å². The summed E-state index contributed by atoms with van der Waals surface area (Å²) in [5, 5.41) is 13.0. The first-order valence-corrected chi connectivity index (χ1v) is 11.5. The molecular formula is C21H25ClN4O2S. The first-order chi connectivity index (χ1) is 14.1. The van der Waals surface area contributed by atoms with Gasteiger partial charge in [-0.25, -0.2) is 0 Å². The van der Waals surface area contributed by atoms with Crippen LogP contribution in [0.5, 0.6) is 0 Å². The number of carbonyl (C=O) groups excluding carboxylic acids is 2. The lowest BCUT2D eigenvalue weighted by molar-refractivity contribution is -0.133. The van der Waals surface area contributed by atoms with Crippen molar-refractivity contribution in [3.8, 4) is 0 Å².